The van der Waals surface area contributed by atoms with E-state index in [0.717, 1.165) is 5.56 Å². The van der Waals surface area contributed by atoms with Crippen molar-refractivity contribution in [3.63, 3.8) is 0 Å². The molecular weight excluding hydrogens is 474 g/mol. The molecule has 0 radical (unpaired) electrons. The molecule has 1 atom stereocenters. The van der Waals surface area contributed by atoms with Gasteiger partial charge in [0.1, 0.15) is 11.9 Å². The molecule has 7 heteroatoms. The quantitative estimate of drug-likeness (QED) is 0.401. The molecule has 1 unspecified atom stereocenters. The highest BCUT2D eigenvalue weighted by Crippen LogP contribution is 2.23. The Morgan fingerprint density at radius 3 is 2.24 bits per heavy atom. The van der Waals surface area contributed by atoms with Crippen LogP contribution in [-0.2, 0) is 29.0 Å². The standard InChI is InChI=1S/C27H27Cl2FN2O2/c1-18(2)31-27(34)25(14-19-6-4-3-5-7-19)32(17-20-8-12-23(30)13-9-20)26(33)15-21-10-11-22(28)16-24(21)29/h3-13,16,18,25H,14-15,17H2,1-2H3,(H,31,34). The number of carbonyl (C=O) groups is 2. The zero-order chi connectivity index (χ0) is 24.7. The minimum Gasteiger partial charge on any atom is -0.352 e. The molecule has 3 rings (SSSR count). The molecule has 1 N–H and O–H groups in total. The first kappa shape index (κ1) is 25.7. The molecule has 0 aliphatic carbocycles. The van der Waals surface area contributed by atoms with Crippen molar-refractivity contribution in [2.75, 3.05) is 0 Å². The van der Waals surface area contributed by atoms with Gasteiger partial charge in [0.15, 0.2) is 0 Å². The van der Waals surface area contributed by atoms with Crippen molar-refractivity contribution in [1.82, 2.24) is 10.2 Å². The lowest BCUT2D eigenvalue weighted by atomic mass is 10.0. The maximum absolute atomic E-state index is 13.6. The van der Waals surface area contributed by atoms with E-state index in [1.165, 1.54) is 12.1 Å². The number of amides is 2. The van der Waals surface area contributed by atoms with Gasteiger partial charge in [0.2, 0.25) is 11.8 Å². The largest absolute Gasteiger partial charge is 0.352 e. The summed E-state index contributed by atoms with van der Waals surface area (Å²) in [5.41, 5.74) is 2.25. The van der Waals surface area contributed by atoms with E-state index >= 15 is 0 Å². The highest BCUT2D eigenvalue weighted by Gasteiger charge is 2.31. The Labute approximate surface area is 209 Å². The molecule has 34 heavy (non-hydrogen) atoms. The van der Waals surface area contributed by atoms with E-state index in [1.54, 1.807) is 35.2 Å². The van der Waals surface area contributed by atoms with Crippen LogP contribution in [0.1, 0.15) is 30.5 Å². The van der Waals surface area contributed by atoms with E-state index in [-0.39, 0.29) is 36.6 Å². The van der Waals surface area contributed by atoms with Crippen LogP contribution in [0.4, 0.5) is 4.39 Å². The molecule has 4 nitrogen and oxygen atoms in total. The lowest BCUT2D eigenvalue weighted by Gasteiger charge is -2.32. The molecular formula is C27H27Cl2FN2O2. The molecule has 0 saturated carbocycles. The van der Waals surface area contributed by atoms with Gasteiger partial charge in [-0.15, -0.1) is 0 Å². The minimum atomic E-state index is -0.770. The number of carbonyl (C=O) groups excluding carboxylic acids is 2. The van der Waals surface area contributed by atoms with Gasteiger partial charge in [-0.2, -0.15) is 0 Å². The second kappa shape index (κ2) is 12.0. The molecule has 0 heterocycles. The second-order valence-corrected chi connectivity index (χ2v) is 9.27. The highest BCUT2D eigenvalue weighted by molar-refractivity contribution is 6.35. The van der Waals surface area contributed by atoms with E-state index in [9.17, 15) is 14.0 Å². The van der Waals surface area contributed by atoms with E-state index < -0.39 is 6.04 Å². The molecule has 0 aliphatic heterocycles. The molecule has 0 fully saturated rings. The van der Waals surface area contributed by atoms with Crippen molar-refractivity contribution in [3.05, 3.63) is 105 Å². The normalized spacial score (nSPS) is 11.8. The van der Waals surface area contributed by atoms with E-state index in [0.29, 0.717) is 27.6 Å². The smallest absolute Gasteiger partial charge is 0.243 e. The fourth-order valence-electron chi connectivity index (χ4n) is 3.65. The van der Waals surface area contributed by atoms with Crippen LogP contribution in [0.25, 0.3) is 0 Å². The third kappa shape index (κ3) is 7.31. The number of benzene rings is 3. The molecule has 3 aromatic rings. The van der Waals surface area contributed by atoms with Gasteiger partial charge in [-0.3, -0.25) is 9.59 Å². The molecule has 3 aromatic carbocycles. The van der Waals surface area contributed by atoms with Crippen LogP contribution in [0.15, 0.2) is 72.8 Å². The van der Waals surface area contributed by atoms with Crippen LogP contribution in [-0.4, -0.2) is 28.8 Å². The van der Waals surface area contributed by atoms with Crippen LogP contribution in [0.5, 0.6) is 0 Å². The second-order valence-electron chi connectivity index (χ2n) is 8.43. The molecule has 0 aromatic heterocycles. The maximum atomic E-state index is 13.6. The average molecular weight is 501 g/mol. The Morgan fingerprint density at radius 2 is 1.62 bits per heavy atom. The minimum absolute atomic E-state index is 0.00253. The Morgan fingerprint density at radius 1 is 0.941 bits per heavy atom. The topological polar surface area (TPSA) is 49.4 Å². The van der Waals surface area contributed by atoms with E-state index in [1.807, 2.05) is 44.2 Å². The van der Waals surface area contributed by atoms with E-state index in [4.69, 9.17) is 23.2 Å². The third-order valence-electron chi connectivity index (χ3n) is 5.32. The summed E-state index contributed by atoms with van der Waals surface area (Å²) in [6.07, 6.45) is 0.331. The van der Waals surface area contributed by atoms with E-state index in [2.05, 4.69) is 5.32 Å². The van der Waals surface area contributed by atoms with Gasteiger partial charge in [0.05, 0.1) is 6.42 Å². The summed E-state index contributed by atoms with van der Waals surface area (Å²) in [5, 5.41) is 3.80. The summed E-state index contributed by atoms with van der Waals surface area (Å²) >= 11 is 12.3. The first-order valence-corrected chi connectivity index (χ1v) is 11.8. The van der Waals surface area contributed by atoms with Crippen LogP contribution in [0.3, 0.4) is 0 Å². The highest BCUT2D eigenvalue weighted by atomic mass is 35.5. The van der Waals surface area contributed by atoms with Crippen molar-refractivity contribution in [2.24, 2.45) is 0 Å². The van der Waals surface area contributed by atoms with Gasteiger partial charge < -0.3 is 10.2 Å². The Hall–Kier alpha value is -2.89. The average Bonchev–Trinajstić information content (AvgIpc) is 2.79. The fraction of sp³-hybridized carbons (Fsp3) is 0.259. The maximum Gasteiger partial charge on any atom is 0.243 e. The monoisotopic (exact) mass is 500 g/mol. The van der Waals surface area contributed by atoms with Crippen LogP contribution in [0, 0.1) is 5.82 Å². The molecule has 0 bridgehead atoms. The van der Waals surface area contributed by atoms with Gasteiger partial charge in [0, 0.05) is 29.1 Å². The van der Waals surface area contributed by atoms with Gasteiger partial charge in [-0.25, -0.2) is 4.39 Å². The van der Waals surface area contributed by atoms with Gasteiger partial charge in [-0.05, 0) is 54.8 Å². The molecule has 178 valence electrons. The van der Waals surface area contributed by atoms with Crippen molar-refractivity contribution < 1.29 is 14.0 Å². The predicted molar refractivity (Wildman–Crippen MR) is 134 cm³/mol. The zero-order valence-electron chi connectivity index (χ0n) is 19.1. The van der Waals surface area contributed by atoms with Crippen molar-refractivity contribution >= 4 is 35.0 Å². The lowest BCUT2D eigenvalue weighted by Crippen LogP contribution is -2.52. The SMILES string of the molecule is CC(C)NC(=O)C(Cc1ccccc1)N(Cc1ccc(F)cc1)C(=O)Cc1ccc(Cl)cc1Cl. The Bertz CT molecular complexity index is 1120. The van der Waals surface area contributed by atoms with Gasteiger partial charge in [-0.1, -0.05) is 71.7 Å². The summed E-state index contributed by atoms with van der Waals surface area (Å²) in [6, 6.07) is 19.6. The van der Waals surface area contributed by atoms with Crippen LogP contribution in [0.2, 0.25) is 10.0 Å². The first-order valence-electron chi connectivity index (χ1n) is 11.0. The Balaban J connectivity index is 1.98. The van der Waals surface area contributed by atoms with Crippen LogP contribution < -0.4 is 5.32 Å². The number of nitrogens with zero attached hydrogens (tertiary/aromatic N) is 1. The summed E-state index contributed by atoms with van der Waals surface area (Å²) in [4.78, 5) is 28.5. The number of hydrogen-bond donors (Lipinski definition) is 1. The summed E-state index contributed by atoms with van der Waals surface area (Å²) in [7, 11) is 0. The third-order valence-corrected chi connectivity index (χ3v) is 5.91. The summed E-state index contributed by atoms with van der Waals surface area (Å²) in [6.45, 7) is 3.89. The molecule has 2 amide bonds. The summed E-state index contributed by atoms with van der Waals surface area (Å²) < 4.78 is 13.5. The zero-order valence-corrected chi connectivity index (χ0v) is 20.6. The first-order chi connectivity index (χ1) is 16.2. The van der Waals surface area contributed by atoms with Crippen molar-refractivity contribution in [2.45, 2.75) is 45.3 Å². The van der Waals surface area contributed by atoms with Gasteiger partial charge >= 0.3 is 0 Å². The summed E-state index contributed by atoms with van der Waals surface area (Å²) in [5.74, 6) is -0.891. The van der Waals surface area contributed by atoms with Crippen LogP contribution >= 0.6 is 23.2 Å². The van der Waals surface area contributed by atoms with Gasteiger partial charge in [0.25, 0.3) is 0 Å². The number of hydrogen-bond acceptors (Lipinski definition) is 2. The van der Waals surface area contributed by atoms with Crippen molar-refractivity contribution in [3.8, 4) is 0 Å². The van der Waals surface area contributed by atoms with Crippen molar-refractivity contribution in [1.29, 1.82) is 0 Å². The molecule has 0 aliphatic rings. The number of rotatable bonds is 9. The Kier molecular flexibility index (Phi) is 9.08. The number of halogens is 3. The molecule has 0 spiro atoms. The predicted octanol–water partition coefficient (Wildman–Crippen LogP) is 5.84. The fourth-order valence-corrected chi connectivity index (χ4v) is 4.13. The number of nitrogens with one attached hydrogen (secondary N) is 1. The lowest BCUT2D eigenvalue weighted by molar-refractivity contribution is -0.141. The molecule has 0 saturated heterocycles.